The molecule has 0 spiro atoms. The van der Waals surface area contributed by atoms with Crippen LogP contribution in [0.25, 0.3) is 0 Å². The summed E-state index contributed by atoms with van der Waals surface area (Å²) >= 11 is 0. The van der Waals surface area contributed by atoms with Gasteiger partial charge < -0.3 is 5.32 Å². The summed E-state index contributed by atoms with van der Waals surface area (Å²) in [5.74, 6) is 0.376. The molecule has 0 saturated carbocycles. The van der Waals surface area contributed by atoms with Crippen LogP contribution in [0, 0.1) is 13.8 Å². The number of nitrogens with one attached hydrogen (secondary N) is 1. The molecular formula is C22H20N2O. The maximum Gasteiger partial charge on any atom is 0.256 e. The van der Waals surface area contributed by atoms with Crippen molar-refractivity contribution in [2.24, 2.45) is 4.99 Å². The summed E-state index contributed by atoms with van der Waals surface area (Å²) in [6, 6.07) is 24.9. The van der Waals surface area contributed by atoms with E-state index in [1.165, 1.54) is 0 Å². The van der Waals surface area contributed by atoms with E-state index in [0.29, 0.717) is 11.4 Å². The highest BCUT2D eigenvalue weighted by molar-refractivity contribution is 6.13. The van der Waals surface area contributed by atoms with Crippen LogP contribution in [0.5, 0.6) is 0 Å². The monoisotopic (exact) mass is 328 g/mol. The van der Waals surface area contributed by atoms with Gasteiger partial charge in [-0.15, -0.1) is 0 Å². The maximum atomic E-state index is 12.6. The first-order valence-corrected chi connectivity index (χ1v) is 8.22. The molecule has 0 aliphatic rings. The van der Waals surface area contributed by atoms with Crippen LogP contribution in [0.4, 0.5) is 5.69 Å². The Bertz CT molecular complexity index is 880. The standard InChI is InChI=1S/C22H20N2O/c1-16-10-9-11-17(2)20(16)23-21(18-12-5-3-6-13-18)24-22(25)19-14-7-4-8-15-19/h3-15H,1-2H3,(H,23,24,25). The van der Waals surface area contributed by atoms with Gasteiger partial charge >= 0.3 is 0 Å². The number of benzene rings is 3. The Hall–Kier alpha value is -3.20. The summed E-state index contributed by atoms with van der Waals surface area (Å²) in [6.07, 6.45) is 0. The lowest BCUT2D eigenvalue weighted by Crippen LogP contribution is -2.31. The Morgan fingerprint density at radius 3 is 1.80 bits per heavy atom. The van der Waals surface area contributed by atoms with Gasteiger partial charge in [0.2, 0.25) is 0 Å². The van der Waals surface area contributed by atoms with Gasteiger partial charge in [-0.2, -0.15) is 0 Å². The van der Waals surface area contributed by atoms with E-state index in [-0.39, 0.29) is 5.91 Å². The van der Waals surface area contributed by atoms with Crippen LogP contribution in [0.15, 0.2) is 83.9 Å². The fraction of sp³-hybridized carbons (Fsp3) is 0.0909. The number of rotatable bonds is 3. The van der Waals surface area contributed by atoms with Crippen molar-refractivity contribution in [1.82, 2.24) is 5.32 Å². The van der Waals surface area contributed by atoms with Gasteiger partial charge in [-0.3, -0.25) is 4.79 Å². The lowest BCUT2D eigenvalue weighted by Gasteiger charge is -2.12. The van der Waals surface area contributed by atoms with E-state index in [9.17, 15) is 4.79 Å². The highest BCUT2D eigenvalue weighted by Crippen LogP contribution is 2.24. The lowest BCUT2D eigenvalue weighted by molar-refractivity contribution is 0.0977. The van der Waals surface area contributed by atoms with Crippen molar-refractivity contribution in [3.05, 3.63) is 101 Å². The fourth-order valence-corrected chi connectivity index (χ4v) is 2.62. The molecular weight excluding hydrogens is 308 g/mol. The number of carbonyl (C=O) groups is 1. The molecule has 0 radical (unpaired) electrons. The van der Waals surface area contributed by atoms with Crippen molar-refractivity contribution in [2.45, 2.75) is 13.8 Å². The summed E-state index contributed by atoms with van der Waals surface area (Å²) in [4.78, 5) is 17.4. The van der Waals surface area contributed by atoms with E-state index < -0.39 is 0 Å². The molecule has 0 atom stereocenters. The number of para-hydroxylation sites is 1. The molecule has 0 fully saturated rings. The number of aliphatic imine (C=N–C) groups is 1. The highest BCUT2D eigenvalue weighted by atomic mass is 16.1. The summed E-state index contributed by atoms with van der Waals surface area (Å²) < 4.78 is 0. The summed E-state index contributed by atoms with van der Waals surface area (Å²) in [7, 11) is 0. The minimum absolute atomic E-state index is 0.172. The maximum absolute atomic E-state index is 12.6. The van der Waals surface area contributed by atoms with E-state index >= 15 is 0 Å². The van der Waals surface area contributed by atoms with E-state index in [2.05, 4.69) is 5.32 Å². The molecule has 0 bridgehead atoms. The molecule has 3 aromatic carbocycles. The summed E-state index contributed by atoms with van der Waals surface area (Å²) in [5.41, 5.74) is 4.50. The van der Waals surface area contributed by atoms with Gasteiger partial charge in [-0.1, -0.05) is 66.7 Å². The topological polar surface area (TPSA) is 41.5 Å². The molecule has 3 aromatic rings. The van der Waals surface area contributed by atoms with Crippen LogP contribution < -0.4 is 5.32 Å². The van der Waals surface area contributed by atoms with Crippen LogP contribution >= 0.6 is 0 Å². The number of carbonyl (C=O) groups excluding carboxylic acids is 1. The normalized spacial score (nSPS) is 11.2. The minimum atomic E-state index is -0.172. The van der Waals surface area contributed by atoms with Crippen LogP contribution in [0.3, 0.4) is 0 Å². The zero-order chi connectivity index (χ0) is 17.6. The van der Waals surface area contributed by atoms with Crippen molar-refractivity contribution >= 4 is 17.4 Å². The molecule has 0 aromatic heterocycles. The van der Waals surface area contributed by atoms with Crippen molar-refractivity contribution in [2.75, 3.05) is 0 Å². The van der Waals surface area contributed by atoms with Crippen molar-refractivity contribution in [3.63, 3.8) is 0 Å². The van der Waals surface area contributed by atoms with Gasteiger partial charge in [0.25, 0.3) is 5.91 Å². The molecule has 0 saturated heterocycles. The minimum Gasteiger partial charge on any atom is -0.306 e. The predicted octanol–water partition coefficient (Wildman–Crippen LogP) is 4.81. The Kier molecular flexibility index (Phi) is 5.05. The molecule has 1 N–H and O–H groups in total. The molecule has 0 aliphatic carbocycles. The number of aryl methyl sites for hydroxylation is 2. The average Bonchev–Trinajstić information content (AvgIpc) is 2.65. The van der Waals surface area contributed by atoms with Gasteiger partial charge in [0.15, 0.2) is 0 Å². The van der Waals surface area contributed by atoms with Crippen LogP contribution in [0.2, 0.25) is 0 Å². The first-order valence-electron chi connectivity index (χ1n) is 8.22. The van der Waals surface area contributed by atoms with Crippen molar-refractivity contribution < 1.29 is 4.79 Å². The Labute approximate surface area is 148 Å². The largest absolute Gasteiger partial charge is 0.306 e. The molecule has 3 rings (SSSR count). The van der Waals surface area contributed by atoms with Crippen LogP contribution in [0.1, 0.15) is 27.0 Å². The van der Waals surface area contributed by atoms with Gasteiger partial charge in [-0.25, -0.2) is 4.99 Å². The Morgan fingerprint density at radius 1 is 0.720 bits per heavy atom. The second kappa shape index (κ2) is 7.58. The van der Waals surface area contributed by atoms with Crippen LogP contribution in [-0.4, -0.2) is 11.7 Å². The van der Waals surface area contributed by atoms with Gasteiger partial charge in [-0.05, 0) is 37.1 Å². The fourth-order valence-electron chi connectivity index (χ4n) is 2.62. The smallest absolute Gasteiger partial charge is 0.256 e. The van der Waals surface area contributed by atoms with E-state index in [4.69, 9.17) is 4.99 Å². The number of hydrogen-bond donors (Lipinski definition) is 1. The molecule has 3 nitrogen and oxygen atoms in total. The molecule has 0 heterocycles. The summed E-state index contributed by atoms with van der Waals surface area (Å²) in [5, 5.41) is 2.96. The lowest BCUT2D eigenvalue weighted by atomic mass is 10.1. The molecule has 25 heavy (non-hydrogen) atoms. The quantitative estimate of drug-likeness (QED) is 0.544. The molecule has 1 amide bonds. The third-order valence-corrected chi connectivity index (χ3v) is 3.98. The molecule has 0 aliphatic heterocycles. The first-order chi connectivity index (χ1) is 12.1. The van der Waals surface area contributed by atoms with E-state index in [0.717, 1.165) is 22.4 Å². The Balaban J connectivity index is 2.02. The molecule has 0 unspecified atom stereocenters. The third-order valence-electron chi connectivity index (χ3n) is 3.98. The van der Waals surface area contributed by atoms with Gasteiger partial charge in [0, 0.05) is 11.1 Å². The highest BCUT2D eigenvalue weighted by Gasteiger charge is 2.12. The van der Waals surface area contributed by atoms with E-state index in [1.807, 2.05) is 80.6 Å². The van der Waals surface area contributed by atoms with Crippen molar-refractivity contribution in [1.29, 1.82) is 0 Å². The third kappa shape index (κ3) is 4.01. The SMILES string of the molecule is Cc1cccc(C)c1N=C(NC(=O)c1ccccc1)c1ccccc1. The van der Waals surface area contributed by atoms with Crippen LogP contribution in [-0.2, 0) is 0 Å². The zero-order valence-electron chi connectivity index (χ0n) is 14.4. The first kappa shape index (κ1) is 16.7. The molecule has 124 valence electrons. The predicted molar refractivity (Wildman–Crippen MR) is 102 cm³/mol. The van der Waals surface area contributed by atoms with Crippen molar-refractivity contribution in [3.8, 4) is 0 Å². The Morgan fingerprint density at radius 2 is 1.24 bits per heavy atom. The second-order valence-corrected chi connectivity index (χ2v) is 5.89. The van der Waals surface area contributed by atoms with E-state index in [1.54, 1.807) is 12.1 Å². The summed E-state index contributed by atoms with van der Waals surface area (Å²) in [6.45, 7) is 4.04. The zero-order valence-corrected chi connectivity index (χ0v) is 14.4. The number of amides is 1. The average molecular weight is 328 g/mol. The van der Waals surface area contributed by atoms with Gasteiger partial charge in [0.05, 0.1) is 5.69 Å². The van der Waals surface area contributed by atoms with Gasteiger partial charge in [0.1, 0.15) is 5.84 Å². The number of hydrogen-bond acceptors (Lipinski definition) is 2. The molecule has 3 heteroatoms. The number of amidine groups is 1. The number of nitrogens with zero attached hydrogens (tertiary/aromatic N) is 1. The second-order valence-electron chi connectivity index (χ2n) is 5.89.